The minimum absolute atomic E-state index is 0.0632. The van der Waals surface area contributed by atoms with Crippen molar-refractivity contribution in [3.63, 3.8) is 0 Å². The van der Waals surface area contributed by atoms with E-state index in [0.717, 1.165) is 19.4 Å². The fraction of sp³-hybridized carbons (Fsp3) is 0.867. The molecule has 0 aliphatic carbocycles. The number of hydrogen-bond acceptors (Lipinski definition) is 3. The summed E-state index contributed by atoms with van der Waals surface area (Å²) in [6.07, 6.45) is 5.03. The highest BCUT2D eigenvalue weighted by molar-refractivity contribution is 5.75. The molecule has 120 valence electrons. The minimum Gasteiger partial charge on any atom is -0.481 e. The van der Waals surface area contributed by atoms with Gasteiger partial charge in [0.05, 0.1) is 0 Å². The fourth-order valence-electron chi connectivity index (χ4n) is 3.37. The first kappa shape index (κ1) is 16.1. The number of nitrogens with one attached hydrogen (secondary N) is 2. The molecular formula is C15H27N3O3. The predicted octanol–water partition coefficient (Wildman–Crippen LogP) is 1.56. The molecular weight excluding hydrogens is 270 g/mol. The summed E-state index contributed by atoms with van der Waals surface area (Å²) < 4.78 is 0. The summed E-state index contributed by atoms with van der Waals surface area (Å²) in [5.74, 6) is -0.834. The number of aliphatic carboxylic acids is 1. The third-order valence-electron chi connectivity index (χ3n) is 4.57. The second-order valence-electron chi connectivity index (χ2n) is 6.93. The van der Waals surface area contributed by atoms with Crippen LogP contribution in [-0.2, 0) is 4.79 Å². The monoisotopic (exact) mass is 297 g/mol. The van der Waals surface area contributed by atoms with E-state index in [4.69, 9.17) is 5.11 Å². The molecule has 0 bridgehead atoms. The van der Waals surface area contributed by atoms with Gasteiger partial charge in [-0.2, -0.15) is 0 Å². The first-order valence-electron chi connectivity index (χ1n) is 7.90. The summed E-state index contributed by atoms with van der Waals surface area (Å²) in [7, 11) is 0. The lowest BCUT2D eigenvalue weighted by Gasteiger charge is -2.36. The maximum absolute atomic E-state index is 12.1. The average molecular weight is 297 g/mol. The normalized spacial score (nSPS) is 26.2. The molecule has 21 heavy (non-hydrogen) atoms. The van der Waals surface area contributed by atoms with Crippen LogP contribution in [0.25, 0.3) is 0 Å². The molecule has 6 heteroatoms. The maximum atomic E-state index is 12.1. The van der Waals surface area contributed by atoms with Crippen LogP contribution >= 0.6 is 0 Å². The zero-order chi connectivity index (χ0) is 15.5. The van der Waals surface area contributed by atoms with Gasteiger partial charge in [0.2, 0.25) is 0 Å². The third-order valence-corrected chi connectivity index (χ3v) is 4.57. The molecule has 2 unspecified atom stereocenters. The molecule has 2 saturated heterocycles. The van der Waals surface area contributed by atoms with Crippen LogP contribution in [-0.4, -0.2) is 52.7 Å². The van der Waals surface area contributed by atoms with Gasteiger partial charge in [0.25, 0.3) is 0 Å². The number of rotatable bonds is 5. The van der Waals surface area contributed by atoms with Crippen LogP contribution in [0.15, 0.2) is 0 Å². The molecule has 0 radical (unpaired) electrons. The molecule has 2 rings (SSSR count). The number of carbonyl (C=O) groups excluding carboxylic acids is 1. The van der Waals surface area contributed by atoms with Crippen LogP contribution in [0.3, 0.4) is 0 Å². The Kier molecular flexibility index (Phi) is 5.08. The lowest BCUT2D eigenvalue weighted by molar-refractivity contribution is -0.137. The standard InChI is InChI=1S/C15H27N3O3/c1-15(2,7-5-13(19)20)17-14(21)16-11-6-9-18-8-3-4-12(18)10-11/h11-12H,3-10H2,1-2H3,(H,19,20)(H2,16,17,21). The van der Waals surface area contributed by atoms with Gasteiger partial charge in [-0.3, -0.25) is 4.79 Å². The molecule has 3 N–H and O–H groups in total. The van der Waals surface area contributed by atoms with E-state index in [1.807, 2.05) is 13.8 Å². The molecule has 0 spiro atoms. The first-order valence-corrected chi connectivity index (χ1v) is 7.90. The number of urea groups is 1. The highest BCUT2D eigenvalue weighted by atomic mass is 16.4. The van der Waals surface area contributed by atoms with Gasteiger partial charge < -0.3 is 20.6 Å². The van der Waals surface area contributed by atoms with Crippen LogP contribution in [0, 0.1) is 0 Å². The second-order valence-corrected chi connectivity index (χ2v) is 6.93. The first-order chi connectivity index (χ1) is 9.85. The molecule has 2 atom stereocenters. The van der Waals surface area contributed by atoms with Crippen molar-refractivity contribution in [2.24, 2.45) is 0 Å². The highest BCUT2D eigenvalue weighted by Crippen LogP contribution is 2.26. The van der Waals surface area contributed by atoms with Crippen LogP contribution in [0.4, 0.5) is 4.79 Å². The van der Waals surface area contributed by atoms with Gasteiger partial charge >= 0.3 is 12.0 Å². The van der Waals surface area contributed by atoms with Crippen molar-refractivity contribution in [3.05, 3.63) is 0 Å². The van der Waals surface area contributed by atoms with Crippen LogP contribution in [0.5, 0.6) is 0 Å². The van der Waals surface area contributed by atoms with Crippen molar-refractivity contribution in [3.8, 4) is 0 Å². The van der Waals surface area contributed by atoms with Gasteiger partial charge in [-0.05, 0) is 52.5 Å². The Morgan fingerprint density at radius 3 is 2.76 bits per heavy atom. The van der Waals surface area contributed by atoms with Crippen molar-refractivity contribution in [2.45, 2.75) is 70.0 Å². The van der Waals surface area contributed by atoms with Crippen molar-refractivity contribution in [1.29, 1.82) is 0 Å². The van der Waals surface area contributed by atoms with Gasteiger partial charge in [0.15, 0.2) is 0 Å². The lowest BCUT2D eigenvalue weighted by Crippen LogP contribution is -2.54. The van der Waals surface area contributed by atoms with Crippen molar-refractivity contribution < 1.29 is 14.7 Å². The Morgan fingerprint density at radius 2 is 2.05 bits per heavy atom. The van der Waals surface area contributed by atoms with E-state index in [-0.39, 0.29) is 18.5 Å². The summed E-state index contributed by atoms with van der Waals surface area (Å²) in [5, 5.41) is 14.7. The van der Waals surface area contributed by atoms with Crippen LogP contribution in [0.1, 0.15) is 52.4 Å². The fourth-order valence-corrected chi connectivity index (χ4v) is 3.37. The molecule has 6 nitrogen and oxygen atoms in total. The van der Waals surface area contributed by atoms with E-state index >= 15 is 0 Å². The number of carboxylic acid groups (broad SMARTS) is 1. The topological polar surface area (TPSA) is 81.7 Å². The van der Waals surface area contributed by atoms with E-state index in [2.05, 4.69) is 15.5 Å². The second kappa shape index (κ2) is 6.64. The Morgan fingerprint density at radius 1 is 1.29 bits per heavy atom. The summed E-state index contributed by atoms with van der Waals surface area (Å²) in [4.78, 5) is 25.2. The number of fused-ring (bicyclic) bond motifs is 1. The summed E-state index contributed by atoms with van der Waals surface area (Å²) in [5.41, 5.74) is -0.503. The minimum atomic E-state index is -0.834. The Balaban J connectivity index is 1.75. The van der Waals surface area contributed by atoms with Gasteiger partial charge in [-0.25, -0.2) is 4.79 Å². The molecule has 2 heterocycles. The van der Waals surface area contributed by atoms with Crippen molar-refractivity contribution >= 4 is 12.0 Å². The third kappa shape index (κ3) is 4.88. The number of nitrogens with zero attached hydrogens (tertiary/aromatic N) is 1. The number of carboxylic acids is 1. The molecule has 0 saturated carbocycles. The zero-order valence-corrected chi connectivity index (χ0v) is 13.0. The summed E-state index contributed by atoms with van der Waals surface area (Å²) >= 11 is 0. The Hall–Kier alpha value is -1.30. The highest BCUT2D eigenvalue weighted by Gasteiger charge is 2.32. The van der Waals surface area contributed by atoms with Crippen molar-refractivity contribution in [1.82, 2.24) is 15.5 Å². The van der Waals surface area contributed by atoms with Gasteiger partial charge in [-0.15, -0.1) is 0 Å². The summed E-state index contributed by atoms with van der Waals surface area (Å²) in [6, 6.07) is 0.686. The molecule has 0 aromatic heterocycles. The van der Waals surface area contributed by atoms with E-state index < -0.39 is 11.5 Å². The van der Waals surface area contributed by atoms with Gasteiger partial charge in [-0.1, -0.05) is 0 Å². The number of amides is 2. The SMILES string of the molecule is CC(C)(CCC(=O)O)NC(=O)NC1CCN2CCCC2C1. The van der Waals surface area contributed by atoms with E-state index in [0.29, 0.717) is 12.5 Å². The Bertz CT molecular complexity index is 398. The Labute approximate surface area is 126 Å². The van der Waals surface area contributed by atoms with E-state index in [1.165, 1.54) is 19.4 Å². The molecule has 0 aromatic carbocycles. The lowest BCUT2D eigenvalue weighted by atomic mass is 9.97. The largest absolute Gasteiger partial charge is 0.481 e. The van der Waals surface area contributed by atoms with Gasteiger partial charge in [0.1, 0.15) is 0 Å². The molecule has 2 fully saturated rings. The predicted molar refractivity (Wildman–Crippen MR) is 80.2 cm³/mol. The summed E-state index contributed by atoms with van der Waals surface area (Å²) in [6.45, 7) is 5.98. The van der Waals surface area contributed by atoms with Crippen LogP contribution in [0.2, 0.25) is 0 Å². The zero-order valence-electron chi connectivity index (χ0n) is 13.0. The average Bonchev–Trinajstić information content (AvgIpc) is 2.83. The van der Waals surface area contributed by atoms with E-state index in [1.54, 1.807) is 0 Å². The molecule has 2 amide bonds. The quantitative estimate of drug-likeness (QED) is 0.719. The van der Waals surface area contributed by atoms with Crippen LogP contribution < -0.4 is 10.6 Å². The number of hydrogen-bond donors (Lipinski definition) is 3. The van der Waals surface area contributed by atoms with E-state index in [9.17, 15) is 9.59 Å². The van der Waals surface area contributed by atoms with Gasteiger partial charge in [0, 0.05) is 30.6 Å². The maximum Gasteiger partial charge on any atom is 0.315 e. The number of piperidine rings is 1. The molecule has 0 aromatic rings. The van der Waals surface area contributed by atoms with Crippen molar-refractivity contribution in [2.75, 3.05) is 13.1 Å². The smallest absolute Gasteiger partial charge is 0.315 e. The molecule has 2 aliphatic rings. The number of carbonyl (C=O) groups is 2. The molecule has 2 aliphatic heterocycles.